The number of carbonyl (C=O) groups is 2. The Bertz CT molecular complexity index is 807. The number of halogens is 2. The van der Waals surface area contributed by atoms with Crippen molar-refractivity contribution in [2.45, 2.75) is 19.9 Å². The van der Waals surface area contributed by atoms with Gasteiger partial charge in [-0.15, -0.1) is 0 Å². The third kappa shape index (κ3) is 5.97. The molecule has 0 aliphatic rings. The molecule has 26 heavy (non-hydrogen) atoms. The Morgan fingerprint density at radius 1 is 1.15 bits per heavy atom. The van der Waals surface area contributed by atoms with Gasteiger partial charge in [0.1, 0.15) is 6.04 Å². The molecule has 0 bridgehead atoms. The van der Waals surface area contributed by atoms with Crippen LogP contribution in [0.5, 0.6) is 0 Å². The molecule has 2 aromatic carbocycles. The fourth-order valence-electron chi connectivity index (χ4n) is 2.19. The summed E-state index contributed by atoms with van der Waals surface area (Å²) in [7, 11) is 0. The lowest BCUT2D eigenvalue weighted by atomic mass is 10.0. The zero-order valence-electron chi connectivity index (χ0n) is 14.4. The van der Waals surface area contributed by atoms with Crippen LogP contribution in [0.1, 0.15) is 29.8 Å². The molecular weight excluding hydrogens is 418 g/mol. The van der Waals surface area contributed by atoms with E-state index in [9.17, 15) is 9.59 Å². The van der Waals surface area contributed by atoms with E-state index in [1.807, 2.05) is 38.1 Å². The summed E-state index contributed by atoms with van der Waals surface area (Å²) in [6.45, 7) is 3.70. The molecule has 0 aromatic heterocycles. The molecule has 2 aromatic rings. The van der Waals surface area contributed by atoms with E-state index >= 15 is 0 Å². The molecule has 7 heteroatoms. The molecule has 2 amide bonds. The molecule has 0 fully saturated rings. The van der Waals surface area contributed by atoms with Gasteiger partial charge in [-0.3, -0.25) is 9.59 Å². The lowest BCUT2D eigenvalue weighted by molar-refractivity contribution is -0.123. The second kappa shape index (κ2) is 9.50. The van der Waals surface area contributed by atoms with E-state index in [0.29, 0.717) is 10.6 Å². The first-order chi connectivity index (χ1) is 12.4. The minimum atomic E-state index is -0.710. The third-order valence-corrected chi connectivity index (χ3v) is 4.32. The zero-order chi connectivity index (χ0) is 19.1. The van der Waals surface area contributed by atoms with E-state index in [0.717, 1.165) is 10.0 Å². The number of hydrogen-bond donors (Lipinski definition) is 2. The van der Waals surface area contributed by atoms with E-state index in [4.69, 9.17) is 11.6 Å². The normalized spacial score (nSPS) is 12.2. The van der Waals surface area contributed by atoms with Crippen LogP contribution < -0.4 is 10.7 Å². The van der Waals surface area contributed by atoms with Gasteiger partial charge in [0.15, 0.2) is 0 Å². The molecule has 2 rings (SSSR count). The van der Waals surface area contributed by atoms with Gasteiger partial charge in [0.05, 0.1) is 6.21 Å². The fourth-order valence-corrected chi connectivity index (χ4v) is 2.73. The standard InChI is InChI=1S/C19H19BrClN3O2/c1-12(2)17(23-18(25)14-6-8-16(21)9-7-14)19(26)24-22-11-13-4-3-5-15(20)10-13/h3-12,17H,1-2H3,(H,23,25)(H,24,26)/b22-11-. The maximum atomic E-state index is 12.4. The van der Waals surface area contributed by atoms with Gasteiger partial charge < -0.3 is 5.32 Å². The lowest BCUT2D eigenvalue weighted by Crippen LogP contribution is -2.48. The van der Waals surface area contributed by atoms with Gasteiger partial charge >= 0.3 is 0 Å². The smallest absolute Gasteiger partial charge is 0.262 e. The van der Waals surface area contributed by atoms with Crippen molar-refractivity contribution >= 4 is 45.6 Å². The van der Waals surface area contributed by atoms with Gasteiger partial charge in [0, 0.05) is 15.1 Å². The highest BCUT2D eigenvalue weighted by molar-refractivity contribution is 9.10. The van der Waals surface area contributed by atoms with Crippen molar-refractivity contribution in [1.29, 1.82) is 0 Å². The number of carbonyl (C=O) groups excluding carboxylic acids is 2. The SMILES string of the molecule is CC(C)C(NC(=O)c1ccc(Cl)cc1)C(=O)N/N=C\c1cccc(Br)c1. The summed E-state index contributed by atoms with van der Waals surface area (Å²) < 4.78 is 0.920. The lowest BCUT2D eigenvalue weighted by Gasteiger charge is -2.20. The van der Waals surface area contributed by atoms with Crippen molar-refractivity contribution in [2.24, 2.45) is 11.0 Å². The average Bonchev–Trinajstić information content (AvgIpc) is 2.59. The molecule has 0 heterocycles. The number of nitrogens with zero attached hydrogens (tertiary/aromatic N) is 1. The highest BCUT2D eigenvalue weighted by atomic mass is 79.9. The molecule has 1 unspecified atom stereocenters. The first-order valence-electron chi connectivity index (χ1n) is 8.01. The summed E-state index contributed by atoms with van der Waals surface area (Å²) in [4.78, 5) is 24.7. The summed E-state index contributed by atoms with van der Waals surface area (Å²) in [5.74, 6) is -0.827. The van der Waals surface area contributed by atoms with Crippen LogP contribution in [0.3, 0.4) is 0 Å². The minimum Gasteiger partial charge on any atom is -0.340 e. The van der Waals surface area contributed by atoms with Gasteiger partial charge in [-0.1, -0.05) is 53.5 Å². The first kappa shape index (κ1) is 20.1. The maximum absolute atomic E-state index is 12.4. The molecule has 0 saturated carbocycles. The molecule has 0 aliphatic carbocycles. The summed E-state index contributed by atoms with van der Waals surface area (Å²) in [5.41, 5.74) is 3.75. The Balaban J connectivity index is 2.00. The molecule has 0 saturated heterocycles. The van der Waals surface area contributed by atoms with E-state index in [1.165, 1.54) is 0 Å². The fraction of sp³-hybridized carbons (Fsp3) is 0.211. The molecule has 0 spiro atoms. The van der Waals surface area contributed by atoms with Crippen molar-refractivity contribution in [2.75, 3.05) is 0 Å². The second-order valence-corrected chi connectivity index (χ2v) is 7.34. The second-order valence-electron chi connectivity index (χ2n) is 5.99. The highest BCUT2D eigenvalue weighted by Crippen LogP contribution is 2.11. The van der Waals surface area contributed by atoms with Crippen molar-refractivity contribution in [3.63, 3.8) is 0 Å². The van der Waals surface area contributed by atoms with Gasteiger partial charge in [0.25, 0.3) is 11.8 Å². The molecule has 2 N–H and O–H groups in total. The number of hydrogen-bond acceptors (Lipinski definition) is 3. The Hall–Kier alpha value is -2.18. The van der Waals surface area contributed by atoms with Crippen LogP contribution >= 0.6 is 27.5 Å². The molecule has 136 valence electrons. The van der Waals surface area contributed by atoms with Crippen molar-refractivity contribution in [3.05, 3.63) is 69.2 Å². The predicted octanol–water partition coefficient (Wildman–Crippen LogP) is 4.01. The largest absolute Gasteiger partial charge is 0.340 e. The third-order valence-electron chi connectivity index (χ3n) is 3.58. The van der Waals surface area contributed by atoms with Gasteiger partial charge in [-0.2, -0.15) is 5.10 Å². The van der Waals surface area contributed by atoms with E-state index in [-0.39, 0.29) is 17.7 Å². The van der Waals surface area contributed by atoms with Gasteiger partial charge in [0.2, 0.25) is 0 Å². The van der Waals surface area contributed by atoms with E-state index in [2.05, 4.69) is 31.8 Å². The zero-order valence-corrected chi connectivity index (χ0v) is 16.7. The Labute approximate surface area is 166 Å². The van der Waals surface area contributed by atoms with Crippen LogP contribution in [0.25, 0.3) is 0 Å². The number of amides is 2. The molecular formula is C19H19BrClN3O2. The minimum absolute atomic E-state index is 0.104. The Morgan fingerprint density at radius 2 is 1.85 bits per heavy atom. The molecule has 0 aliphatic heterocycles. The number of nitrogens with one attached hydrogen (secondary N) is 2. The Morgan fingerprint density at radius 3 is 2.46 bits per heavy atom. The van der Waals surface area contributed by atoms with E-state index < -0.39 is 6.04 Å². The summed E-state index contributed by atoms with van der Waals surface area (Å²) >= 11 is 9.20. The highest BCUT2D eigenvalue weighted by Gasteiger charge is 2.24. The number of benzene rings is 2. The summed E-state index contributed by atoms with van der Waals surface area (Å²) in [5, 5.41) is 7.24. The quantitative estimate of drug-likeness (QED) is 0.530. The van der Waals surface area contributed by atoms with Gasteiger partial charge in [-0.05, 0) is 47.9 Å². The molecule has 5 nitrogen and oxygen atoms in total. The van der Waals surface area contributed by atoms with Crippen molar-refractivity contribution in [3.8, 4) is 0 Å². The summed E-state index contributed by atoms with van der Waals surface area (Å²) in [6, 6.07) is 13.3. The Kier molecular flexibility index (Phi) is 7.36. The van der Waals surface area contributed by atoms with Crippen molar-refractivity contribution in [1.82, 2.24) is 10.7 Å². The monoisotopic (exact) mass is 435 g/mol. The van der Waals surface area contributed by atoms with Crippen molar-refractivity contribution < 1.29 is 9.59 Å². The van der Waals surface area contributed by atoms with E-state index in [1.54, 1.807) is 30.5 Å². The molecule has 0 radical (unpaired) electrons. The van der Waals surface area contributed by atoms with Crippen LogP contribution in [0.4, 0.5) is 0 Å². The van der Waals surface area contributed by atoms with Crippen LogP contribution in [0, 0.1) is 5.92 Å². The first-order valence-corrected chi connectivity index (χ1v) is 9.19. The average molecular weight is 437 g/mol. The maximum Gasteiger partial charge on any atom is 0.262 e. The predicted molar refractivity (Wildman–Crippen MR) is 107 cm³/mol. The number of hydrazone groups is 1. The summed E-state index contributed by atoms with van der Waals surface area (Å²) in [6.07, 6.45) is 1.54. The molecule has 1 atom stereocenters. The van der Waals surface area contributed by atoms with Gasteiger partial charge in [-0.25, -0.2) is 5.43 Å². The van der Waals surface area contributed by atoms with Crippen LogP contribution in [-0.4, -0.2) is 24.1 Å². The van der Waals surface area contributed by atoms with Crippen LogP contribution in [0.15, 0.2) is 58.1 Å². The van der Waals surface area contributed by atoms with Crippen LogP contribution in [-0.2, 0) is 4.79 Å². The number of rotatable bonds is 6. The topological polar surface area (TPSA) is 70.6 Å². The van der Waals surface area contributed by atoms with Crippen LogP contribution in [0.2, 0.25) is 5.02 Å².